The van der Waals surface area contributed by atoms with Crippen molar-refractivity contribution >= 4 is 6.09 Å². The van der Waals surface area contributed by atoms with Gasteiger partial charge in [0.05, 0.1) is 19.3 Å². The number of carbonyl (C=O) groups excluding carboxylic acids is 1. The molecule has 0 aromatic rings. The van der Waals surface area contributed by atoms with Crippen LogP contribution in [-0.4, -0.2) is 30.9 Å². The Morgan fingerprint density at radius 3 is 3.14 bits per heavy atom. The maximum absolute atomic E-state index is 11.0. The highest BCUT2D eigenvalue weighted by atomic mass is 16.6. The van der Waals surface area contributed by atoms with E-state index in [0.29, 0.717) is 13.2 Å². The van der Waals surface area contributed by atoms with Crippen LogP contribution < -0.4 is 5.32 Å². The lowest BCUT2D eigenvalue weighted by molar-refractivity contribution is -0.0883. The van der Waals surface area contributed by atoms with Crippen molar-refractivity contribution in [3.8, 4) is 0 Å². The van der Waals surface area contributed by atoms with Gasteiger partial charge in [-0.05, 0) is 6.42 Å². The van der Waals surface area contributed by atoms with Gasteiger partial charge in [-0.3, -0.25) is 0 Å². The average molecular weight is 199 g/mol. The molecule has 2 atom stereocenters. The Hall–Kier alpha value is -0.770. The highest BCUT2D eigenvalue weighted by Gasteiger charge is 2.44. The topological polar surface area (TPSA) is 47.6 Å². The minimum atomic E-state index is -0.276. The third kappa shape index (κ3) is 1.85. The number of nitrogens with one attached hydrogen (secondary N) is 1. The summed E-state index contributed by atoms with van der Waals surface area (Å²) in [7, 11) is 0. The summed E-state index contributed by atoms with van der Waals surface area (Å²) in [6.07, 6.45) is 3.83. The summed E-state index contributed by atoms with van der Waals surface area (Å²) >= 11 is 0. The van der Waals surface area contributed by atoms with E-state index in [2.05, 4.69) is 12.2 Å². The van der Waals surface area contributed by atoms with Crippen LogP contribution in [0.3, 0.4) is 0 Å². The molecule has 2 heterocycles. The molecule has 2 unspecified atom stereocenters. The molecule has 2 saturated heterocycles. The molecule has 4 heteroatoms. The van der Waals surface area contributed by atoms with Crippen LogP contribution in [0.2, 0.25) is 0 Å². The fourth-order valence-corrected chi connectivity index (χ4v) is 2.25. The van der Waals surface area contributed by atoms with Gasteiger partial charge in [0.25, 0.3) is 0 Å². The van der Waals surface area contributed by atoms with Crippen LogP contribution in [0.1, 0.15) is 32.6 Å². The van der Waals surface area contributed by atoms with Gasteiger partial charge in [-0.1, -0.05) is 13.3 Å². The molecule has 2 aliphatic rings. The molecule has 0 saturated carbocycles. The van der Waals surface area contributed by atoms with Crippen molar-refractivity contribution in [1.29, 1.82) is 0 Å². The Morgan fingerprint density at radius 1 is 1.64 bits per heavy atom. The molecular weight excluding hydrogens is 182 g/mol. The van der Waals surface area contributed by atoms with Crippen molar-refractivity contribution in [2.24, 2.45) is 0 Å². The number of hydrogen-bond donors (Lipinski definition) is 1. The molecule has 0 aromatic carbocycles. The van der Waals surface area contributed by atoms with Crippen molar-refractivity contribution in [1.82, 2.24) is 5.32 Å². The molecule has 4 nitrogen and oxygen atoms in total. The third-order valence-electron chi connectivity index (χ3n) is 2.99. The van der Waals surface area contributed by atoms with Crippen LogP contribution >= 0.6 is 0 Å². The highest BCUT2D eigenvalue weighted by molar-refractivity contribution is 5.70. The standard InChI is InChI=1S/C10H17NO3/c1-2-3-8-6-10(4-5-13-8)7-11-9(12)14-10/h8H,2-7H2,1H3,(H,11,12). The second kappa shape index (κ2) is 3.77. The number of hydrogen-bond acceptors (Lipinski definition) is 3. The van der Waals surface area contributed by atoms with E-state index in [9.17, 15) is 4.79 Å². The van der Waals surface area contributed by atoms with Gasteiger partial charge in [0, 0.05) is 12.8 Å². The predicted molar refractivity (Wildman–Crippen MR) is 51.1 cm³/mol. The Balaban J connectivity index is 1.96. The second-order valence-corrected chi connectivity index (χ2v) is 4.16. The normalized spacial score (nSPS) is 36.9. The molecule has 2 aliphatic heterocycles. The maximum atomic E-state index is 11.0. The molecule has 2 rings (SSSR count). The first kappa shape index (κ1) is 9.77. The SMILES string of the molecule is CCCC1CC2(CCO1)CNC(=O)O2. The number of amides is 1. The van der Waals surface area contributed by atoms with Gasteiger partial charge in [-0.25, -0.2) is 4.79 Å². The van der Waals surface area contributed by atoms with Gasteiger partial charge >= 0.3 is 6.09 Å². The molecule has 0 bridgehead atoms. The lowest BCUT2D eigenvalue weighted by Gasteiger charge is -2.35. The molecular formula is C10H17NO3. The van der Waals surface area contributed by atoms with Crippen LogP contribution in [0.5, 0.6) is 0 Å². The average Bonchev–Trinajstić information content (AvgIpc) is 2.48. The number of ether oxygens (including phenoxy) is 2. The molecule has 80 valence electrons. The van der Waals surface area contributed by atoms with Crippen LogP contribution in [0.25, 0.3) is 0 Å². The van der Waals surface area contributed by atoms with Gasteiger partial charge in [-0.15, -0.1) is 0 Å². The minimum absolute atomic E-state index is 0.265. The van der Waals surface area contributed by atoms with E-state index in [1.807, 2.05) is 0 Å². The Labute approximate surface area is 84.0 Å². The fourth-order valence-electron chi connectivity index (χ4n) is 2.25. The largest absolute Gasteiger partial charge is 0.441 e. The molecule has 0 aliphatic carbocycles. The van der Waals surface area contributed by atoms with Crippen LogP contribution in [0.15, 0.2) is 0 Å². The zero-order valence-corrected chi connectivity index (χ0v) is 8.54. The van der Waals surface area contributed by atoms with Crippen molar-refractivity contribution in [2.75, 3.05) is 13.2 Å². The van der Waals surface area contributed by atoms with Crippen molar-refractivity contribution in [3.05, 3.63) is 0 Å². The fraction of sp³-hybridized carbons (Fsp3) is 0.900. The van der Waals surface area contributed by atoms with Gasteiger partial charge in [0.1, 0.15) is 5.60 Å². The summed E-state index contributed by atoms with van der Waals surface area (Å²) in [5.74, 6) is 0. The second-order valence-electron chi connectivity index (χ2n) is 4.16. The molecule has 0 aromatic heterocycles. The molecule has 2 fully saturated rings. The van der Waals surface area contributed by atoms with Gasteiger partial charge in [0.15, 0.2) is 0 Å². The van der Waals surface area contributed by atoms with Gasteiger partial charge in [0.2, 0.25) is 0 Å². The van der Waals surface area contributed by atoms with E-state index < -0.39 is 0 Å². The summed E-state index contributed by atoms with van der Waals surface area (Å²) in [6.45, 7) is 3.50. The summed E-state index contributed by atoms with van der Waals surface area (Å²) in [5, 5.41) is 2.73. The van der Waals surface area contributed by atoms with E-state index in [1.165, 1.54) is 0 Å². The third-order valence-corrected chi connectivity index (χ3v) is 2.99. The monoisotopic (exact) mass is 199 g/mol. The first-order chi connectivity index (χ1) is 6.74. The van der Waals surface area contributed by atoms with E-state index in [0.717, 1.165) is 25.7 Å². The Bertz CT molecular complexity index is 229. The summed E-state index contributed by atoms with van der Waals surface area (Å²) in [4.78, 5) is 11.0. The van der Waals surface area contributed by atoms with E-state index in [1.54, 1.807) is 0 Å². The highest BCUT2D eigenvalue weighted by Crippen LogP contribution is 2.32. The van der Waals surface area contributed by atoms with Crippen LogP contribution in [0.4, 0.5) is 4.79 Å². The molecule has 1 spiro atoms. The first-order valence-corrected chi connectivity index (χ1v) is 5.32. The maximum Gasteiger partial charge on any atom is 0.407 e. The summed E-state index contributed by atoms with van der Waals surface area (Å²) in [5.41, 5.74) is -0.269. The summed E-state index contributed by atoms with van der Waals surface area (Å²) in [6, 6.07) is 0. The van der Waals surface area contributed by atoms with E-state index in [-0.39, 0.29) is 17.8 Å². The van der Waals surface area contributed by atoms with Gasteiger partial charge in [-0.2, -0.15) is 0 Å². The number of rotatable bonds is 2. The lowest BCUT2D eigenvalue weighted by atomic mass is 9.89. The zero-order chi connectivity index (χ0) is 10.0. The van der Waals surface area contributed by atoms with E-state index in [4.69, 9.17) is 9.47 Å². The van der Waals surface area contributed by atoms with Gasteiger partial charge < -0.3 is 14.8 Å². The molecule has 1 N–H and O–H groups in total. The lowest BCUT2D eigenvalue weighted by Crippen LogP contribution is -2.43. The quantitative estimate of drug-likeness (QED) is 0.732. The zero-order valence-electron chi connectivity index (χ0n) is 8.54. The van der Waals surface area contributed by atoms with Crippen molar-refractivity contribution < 1.29 is 14.3 Å². The van der Waals surface area contributed by atoms with Crippen LogP contribution in [-0.2, 0) is 9.47 Å². The summed E-state index contributed by atoms with van der Waals surface area (Å²) < 4.78 is 11.0. The molecule has 0 radical (unpaired) electrons. The molecule has 1 amide bonds. The van der Waals surface area contributed by atoms with Crippen LogP contribution in [0, 0.1) is 0 Å². The first-order valence-electron chi connectivity index (χ1n) is 5.32. The Kier molecular flexibility index (Phi) is 2.63. The molecule has 14 heavy (non-hydrogen) atoms. The number of carbonyl (C=O) groups is 1. The smallest absolute Gasteiger partial charge is 0.407 e. The minimum Gasteiger partial charge on any atom is -0.441 e. The van der Waals surface area contributed by atoms with Crippen molar-refractivity contribution in [2.45, 2.75) is 44.3 Å². The Morgan fingerprint density at radius 2 is 2.50 bits per heavy atom. The number of alkyl carbamates (subject to hydrolysis) is 1. The van der Waals surface area contributed by atoms with E-state index >= 15 is 0 Å². The van der Waals surface area contributed by atoms with Crippen molar-refractivity contribution in [3.63, 3.8) is 0 Å². The predicted octanol–water partition coefficient (Wildman–Crippen LogP) is 1.44.